The molecule has 0 unspecified atom stereocenters. The Morgan fingerprint density at radius 3 is 2.43 bits per heavy atom. The van der Waals surface area contributed by atoms with Crippen molar-refractivity contribution in [3.05, 3.63) is 48.3 Å². The maximum absolute atomic E-state index is 13.9. The molecule has 0 atom stereocenters. The summed E-state index contributed by atoms with van der Waals surface area (Å²) in [7, 11) is -2.75. The Labute approximate surface area is 133 Å². The monoisotopic (exact) mass is 338 g/mol. The number of amides is 1. The smallest absolute Gasteiger partial charge is 0.264 e. The highest BCUT2D eigenvalue weighted by Gasteiger charge is 2.20. The molecule has 0 spiro atoms. The van der Waals surface area contributed by atoms with Crippen molar-refractivity contribution in [2.45, 2.75) is 11.8 Å². The average molecular weight is 338 g/mol. The molecule has 0 aliphatic rings. The standard InChI is InChI=1S/C15H15FN2O4S/c1-10(19)17-11-4-3-5-12(8-11)18-23(20,21)15-7-6-13(22-2)9-14(15)16/h3-9,18H,1-2H3,(H,17,19). The van der Waals surface area contributed by atoms with Crippen LogP contribution in [-0.4, -0.2) is 21.4 Å². The van der Waals surface area contributed by atoms with E-state index in [9.17, 15) is 17.6 Å². The lowest BCUT2D eigenvalue weighted by Gasteiger charge is -2.11. The number of carbonyl (C=O) groups excluding carboxylic acids is 1. The van der Waals surface area contributed by atoms with Gasteiger partial charge in [0, 0.05) is 18.7 Å². The van der Waals surface area contributed by atoms with E-state index in [1.54, 1.807) is 12.1 Å². The maximum Gasteiger partial charge on any atom is 0.264 e. The Morgan fingerprint density at radius 1 is 1.13 bits per heavy atom. The third kappa shape index (κ3) is 4.19. The van der Waals surface area contributed by atoms with Gasteiger partial charge in [-0.3, -0.25) is 9.52 Å². The molecule has 0 saturated heterocycles. The lowest BCUT2D eigenvalue weighted by Crippen LogP contribution is -2.15. The molecule has 0 heterocycles. The molecule has 0 fully saturated rings. The van der Waals surface area contributed by atoms with Gasteiger partial charge in [-0.2, -0.15) is 0 Å². The molecule has 0 aliphatic heterocycles. The molecule has 0 saturated carbocycles. The molecule has 2 aromatic rings. The summed E-state index contributed by atoms with van der Waals surface area (Å²) < 4.78 is 45.6. The lowest BCUT2D eigenvalue weighted by molar-refractivity contribution is -0.114. The second-order valence-electron chi connectivity index (χ2n) is 4.66. The summed E-state index contributed by atoms with van der Waals surface area (Å²) in [4.78, 5) is 10.5. The largest absolute Gasteiger partial charge is 0.497 e. The highest BCUT2D eigenvalue weighted by atomic mass is 32.2. The van der Waals surface area contributed by atoms with Crippen LogP contribution >= 0.6 is 0 Å². The molecule has 0 radical (unpaired) electrons. The second kappa shape index (κ2) is 6.66. The molecular formula is C15H15FN2O4S. The Bertz CT molecular complexity index is 837. The molecule has 2 N–H and O–H groups in total. The summed E-state index contributed by atoms with van der Waals surface area (Å²) in [6, 6.07) is 9.55. The first-order chi connectivity index (χ1) is 10.8. The van der Waals surface area contributed by atoms with Gasteiger partial charge in [0.05, 0.1) is 12.8 Å². The number of carbonyl (C=O) groups is 1. The van der Waals surface area contributed by atoms with Gasteiger partial charge in [-0.15, -0.1) is 0 Å². The van der Waals surface area contributed by atoms with Crippen LogP contribution in [0, 0.1) is 5.82 Å². The van der Waals surface area contributed by atoms with E-state index in [4.69, 9.17) is 4.74 Å². The molecule has 23 heavy (non-hydrogen) atoms. The summed E-state index contributed by atoms with van der Waals surface area (Å²) in [5, 5.41) is 2.53. The molecular weight excluding hydrogens is 323 g/mol. The van der Waals surface area contributed by atoms with E-state index in [0.29, 0.717) is 5.69 Å². The molecule has 122 valence electrons. The third-order valence-electron chi connectivity index (χ3n) is 2.86. The van der Waals surface area contributed by atoms with Gasteiger partial charge in [-0.05, 0) is 30.3 Å². The van der Waals surface area contributed by atoms with E-state index >= 15 is 0 Å². The maximum atomic E-state index is 13.9. The number of anilines is 2. The minimum absolute atomic E-state index is 0.200. The van der Waals surface area contributed by atoms with Crippen LogP contribution in [0.5, 0.6) is 5.75 Å². The zero-order valence-corrected chi connectivity index (χ0v) is 13.3. The van der Waals surface area contributed by atoms with Gasteiger partial charge < -0.3 is 10.1 Å². The number of methoxy groups -OCH3 is 1. The molecule has 1 amide bonds. The fourth-order valence-electron chi connectivity index (χ4n) is 1.90. The van der Waals surface area contributed by atoms with Crippen LogP contribution in [-0.2, 0) is 14.8 Å². The number of ether oxygens (including phenoxy) is 1. The van der Waals surface area contributed by atoms with E-state index < -0.39 is 20.7 Å². The predicted octanol–water partition coefficient (Wildman–Crippen LogP) is 2.59. The molecule has 2 aromatic carbocycles. The van der Waals surface area contributed by atoms with Crippen LogP contribution in [0.25, 0.3) is 0 Å². The summed E-state index contributed by atoms with van der Waals surface area (Å²) in [6.07, 6.45) is 0. The minimum Gasteiger partial charge on any atom is -0.497 e. The van der Waals surface area contributed by atoms with Crippen molar-refractivity contribution >= 4 is 27.3 Å². The van der Waals surface area contributed by atoms with E-state index in [-0.39, 0.29) is 17.3 Å². The topological polar surface area (TPSA) is 84.5 Å². The summed E-state index contributed by atoms with van der Waals surface area (Å²) in [5.74, 6) is -0.991. The van der Waals surface area contributed by atoms with Gasteiger partial charge >= 0.3 is 0 Å². The van der Waals surface area contributed by atoms with Gasteiger partial charge in [0.1, 0.15) is 16.5 Å². The fourth-order valence-corrected chi connectivity index (χ4v) is 3.01. The third-order valence-corrected chi connectivity index (χ3v) is 4.28. The zero-order valence-electron chi connectivity index (χ0n) is 12.5. The minimum atomic E-state index is -4.11. The fraction of sp³-hybridized carbons (Fsp3) is 0.133. The highest BCUT2D eigenvalue weighted by molar-refractivity contribution is 7.92. The molecule has 2 rings (SSSR count). The van der Waals surface area contributed by atoms with Gasteiger partial charge in [-0.1, -0.05) is 6.07 Å². The lowest BCUT2D eigenvalue weighted by atomic mass is 10.3. The average Bonchev–Trinajstić information content (AvgIpc) is 2.45. The van der Waals surface area contributed by atoms with Gasteiger partial charge in [0.2, 0.25) is 5.91 Å². The van der Waals surface area contributed by atoms with Crippen molar-refractivity contribution in [1.29, 1.82) is 0 Å². The Kier molecular flexibility index (Phi) is 4.85. The number of sulfonamides is 1. The van der Waals surface area contributed by atoms with Gasteiger partial charge in [0.25, 0.3) is 10.0 Å². The van der Waals surface area contributed by atoms with Crippen LogP contribution in [0.4, 0.5) is 15.8 Å². The molecule has 0 bridgehead atoms. The zero-order chi connectivity index (χ0) is 17.0. The Hall–Kier alpha value is -2.61. The van der Waals surface area contributed by atoms with Crippen LogP contribution in [0.1, 0.15) is 6.92 Å². The first-order valence-electron chi connectivity index (χ1n) is 6.56. The van der Waals surface area contributed by atoms with Gasteiger partial charge in [0.15, 0.2) is 0 Å². The van der Waals surface area contributed by atoms with Crippen LogP contribution < -0.4 is 14.8 Å². The van der Waals surface area contributed by atoms with Gasteiger partial charge in [-0.25, -0.2) is 12.8 Å². The highest BCUT2D eigenvalue weighted by Crippen LogP contribution is 2.24. The van der Waals surface area contributed by atoms with Crippen molar-refractivity contribution < 1.29 is 22.3 Å². The number of rotatable bonds is 5. The van der Waals surface area contributed by atoms with E-state index in [0.717, 1.165) is 12.1 Å². The van der Waals surface area contributed by atoms with Crippen molar-refractivity contribution in [2.24, 2.45) is 0 Å². The van der Waals surface area contributed by atoms with Crippen molar-refractivity contribution in [3.63, 3.8) is 0 Å². The summed E-state index contributed by atoms with van der Waals surface area (Å²) in [5.41, 5.74) is 0.624. The number of nitrogens with one attached hydrogen (secondary N) is 2. The summed E-state index contributed by atoms with van der Waals surface area (Å²) >= 11 is 0. The predicted molar refractivity (Wildman–Crippen MR) is 84.5 cm³/mol. The quantitative estimate of drug-likeness (QED) is 0.877. The van der Waals surface area contributed by atoms with Crippen molar-refractivity contribution in [3.8, 4) is 5.75 Å². The molecule has 0 aliphatic carbocycles. The van der Waals surface area contributed by atoms with Crippen LogP contribution in [0.3, 0.4) is 0 Å². The number of hydrogen-bond donors (Lipinski definition) is 2. The van der Waals surface area contributed by atoms with E-state index in [1.165, 1.54) is 32.2 Å². The molecule has 8 heteroatoms. The van der Waals surface area contributed by atoms with E-state index in [1.807, 2.05) is 0 Å². The van der Waals surface area contributed by atoms with Crippen molar-refractivity contribution in [1.82, 2.24) is 0 Å². The van der Waals surface area contributed by atoms with Crippen molar-refractivity contribution in [2.75, 3.05) is 17.1 Å². The van der Waals surface area contributed by atoms with E-state index in [2.05, 4.69) is 10.0 Å². The normalized spacial score (nSPS) is 10.9. The first-order valence-corrected chi connectivity index (χ1v) is 8.04. The number of halogens is 1. The number of hydrogen-bond acceptors (Lipinski definition) is 4. The number of benzene rings is 2. The SMILES string of the molecule is COc1ccc(S(=O)(=O)Nc2cccc(NC(C)=O)c2)c(F)c1. The Balaban J connectivity index is 2.29. The Morgan fingerprint density at radius 2 is 1.83 bits per heavy atom. The second-order valence-corrected chi connectivity index (χ2v) is 6.31. The summed E-state index contributed by atoms with van der Waals surface area (Å²) in [6.45, 7) is 1.34. The molecule has 0 aromatic heterocycles. The van der Waals surface area contributed by atoms with Crippen LogP contribution in [0.15, 0.2) is 47.4 Å². The van der Waals surface area contributed by atoms with Crippen LogP contribution in [0.2, 0.25) is 0 Å². The molecule has 6 nitrogen and oxygen atoms in total. The first kappa shape index (κ1) is 16.8.